The van der Waals surface area contributed by atoms with Crippen molar-refractivity contribution >= 4 is 17.4 Å². The van der Waals surface area contributed by atoms with Crippen LogP contribution in [0, 0.1) is 13.8 Å². The van der Waals surface area contributed by atoms with Crippen molar-refractivity contribution in [3.63, 3.8) is 0 Å². The lowest BCUT2D eigenvalue weighted by molar-refractivity contribution is 0.102. The van der Waals surface area contributed by atoms with Crippen LogP contribution in [0.3, 0.4) is 0 Å². The van der Waals surface area contributed by atoms with Crippen molar-refractivity contribution < 1.29 is 4.79 Å². The lowest BCUT2D eigenvalue weighted by Crippen LogP contribution is -2.13. The van der Waals surface area contributed by atoms with E-state index in [1.54, 1.807) is 18.2 Å². The summed E-state index contributed by atoms with van der Waals surface area (Å²) in [4.78, 5) is 16.1. The molecule has 0 radical (unpaired) electrons. The SMILES string of the molecule is Cc1cccc(C(=O)Nc2ccc(N)nc2C)c1. The van der Waals surface area contributed by atoms with Gasteiger partial charge in [0.1, 0.15) is 5.82 Å². The predicted molar refractivity (Wildman–Crippen MR) is 72.5 cm³/mol. The van der Waals surface area contributed by atoms with Crippen molar-refractivity contribution in [2.75, 3.05) is 11.1 Å². The monoisotopic (exact) mass is 241 g/mol. The van der Waals surface area contributed by atoms with Gasteiger partial charge < -0.3 is 11.1 Å². The molecule has 0 spiro atoms. The first-order valence-corrected chi connectivity index (χ1v) is 5.67. The molecule has 2 rings (SSSR count). The van der Waals surface area contributed by atoms with Crippen LogP contribution in [0.1, 0.15) is 21.6 Å². The van der Waals surface area contributed by atoms with Gasteiger partial charge in [0.15, 0.2) is 0 Å². The van der Waals surface area contributed by atoms with Crippen LogP contribution in [0.5, 0.6) is 0 Å². The van der Waals surface area contributed by atoms with Gasteiger partial charge in [-0.1, -0.05) is 17.7 Å². The average Bonchev–Trinajstić information content (AvgIpc) is 2.32. The second-order valence-electron chi connectivity index (χ2n) is 4.19. The first-order valence-electron chi connectivity index (χ1n) is 5.67. The van der Waals surface area contributed by atoms with Gasteiger partial charge >= 0.3 is 0 Å². The van der Waals surface area contributed by atoms with E-state index < -0.39 is 0 Å². The van der Waals surface area contributed by atoms with Crippen molar-refractivity contribution in [2.24, 2.45) is 0 Å². The highest BCUT2D eigenvalue weighted by atomic mass is 16.1. The Kier molecular flexibility index (Phi) is 3.28. The molecule has 92 valence electrons. The summed E-state index contributed by atoms with van der Waals surface area (Å²) < 4.78 is 0. The van der Waals surface area contributed by atoms with Crippen LogP contribution in [-0.2, 0) is 0 Å². The molecule has 0 bridgehead atoms. The van der Waals surface area contributed by atoms with Crippen LogP contribution in [-0.4, -0.2) is 10.9 Å². The second-order valence-corrected chi connectivity index (χ2v) is 4.19. The molecule has 2 aromatic rings. The number of nitrogens with one attached hydrogen (secondary N) is 1. The number of carbonyl (C=O) groups is 1. The molecule has 3 N–H and O–H groups in total. The summed E-state index contributed by atoms with van der Waals surface area (Å²) in [5.41, 5.74) is 8.63. The number of amides is 1. The van der Waals surface area contributed by atoms with Gasteiger partial charge in [0.25, 0.3) is 5.91 Å². The number of aryl methyl sites for hydroxylation is 2. The maximum Gasteiger partial charge on any atom is 0.255 e. The van der Waals surface area contributed by atoms with E-state index >= 15 is 0 Å². The lowest BCUT2D eigenvalue weighted by atomic mass is 10.1. The maximum atomic E-state index is 12.0. The van der Waals surface area contributed by atoms with E-state index in [1.807, 2.05) is 32.0 Å². The number of nitrogen functional groups attached to an aromatic ring is 1. The number of anilines is 2. The quantitative estimate of drug-likeness (QED) is 0.849. The predicted octanol–water partition coefficient (Wildman–Crippen LogP) is 2.53. The highest BCUT2D eigenvalue weighted by Gasteiger charge is 2.08. The van der Waals surface area contributed by atoms with Crippen LogP contribution in [0.15, 0.2) is 36.4 Å². The zero-order valence-corrected chi connectivity index (χ0v) is 10.4. The number of benzene rings is 1. The van der Waals surface area contributed by atoms with E-state index in [9.17, 15) is 4.79 Å². The first kappa shape index (κ1) is 12.1. The highest BCUT2D eigenvalue weighted by Crippen LogP contribution is 2.15. The molecular formula is C14H15N3O. The molecule has 1 heterocycles. The fourth-order valence-corrected chi connectivity index (χ4v) is 1.69. The third-order valence-corrected chi connectivity index (χ3v) is 2.64. The van der Waals surface area contributed by atoms with Gasteiger partial charge in [-0.25, -0.2) is 4.98 Å². The molecule has 4 heteroatoms. The van der Waals surface area contributed by atoms with Crippen molar-refractivity contribution in [2.45, 2.75) is 13.8 Å². The van der Waals surface area contributed by atoms with E-state index in [4.69, 9.17) is 5.73 Å². The molecule has 0 unspecified atom stereocenters. The highest BCUT2D eigenvalue weighted by molar-refractivity contribution is 6.04. The molecule has 0 fully saturated rings. The molecule has 1 aromatic heterocycles. The minimum atomic E-state index is -0.145. The van der Waals surface area contributed by atoms with Gasteiger partial charge in [-0.15, -0.1) is 0 Å². The average molecular weight is 241 g/mol. The van der Waals surface area contributed by atoms with Crippen molar-refractivity contribution in [3.8, 4) is 0 Å². The second kappa shape index (κ2) is 4.87. The molecular weight excluding hydrogens is 226 g/mol. The third-order valence-electron chi connectivity index (χ3n) is 2.64. The molecule has 1 amide bonds. The summed E-state index contributed by atoms with van der Waals surface area (Å²) in [6.45, 7) is 3.76. The Hall–Kier alpha value is -2.36. The summed E-state index contributed by atoms with van der Waals surface area (Å²) in [6.07, 6.45) is 0. The van der Waals surface area contributed by atoms with E-state index in [2.05, 4.69) is 10.3 Å². The summed E-state index contributed by atoms with van der Waals surface area (Å²) in [5, 5.41) is 2.82. The van der Waals surface area contributed by atoms with Gasteiger partial charge in [-0.3, -0.25) is 4.79 Å². The Morgan fingerprint density at radius 1 is 1.22 bits per heavy atom. The van der Waals surface area contributed by atoms with Crippen molar-refractivity contribution in [1.82, 2.24) is 4.98 Å². The Morgan fingerprint density at radius 3 is 2.67 bits per heavy atom. The van der Waals surface area contributed by atoms with Crippen molar-refractivity contribution in [1.29, 1.82) is 0 Å². The Morgan fingerprint density at radius 2 is 2.00 bits per heavy atom. The van der Waals surface area contributed by atoms with E-state index in [0.717, 1.165) is 5.56 Å². The number of carbonyl (C=O) groups excluding carboxylic acids is 1. The standard InChI is InChI=1S/C14H15N3O/c1-9-4-3-5-11(8-9)14(18)17-12-6-7-13(15)16-10(12)2/h3-8H,1-2H3,(H2,15,16)(H,17,18). The minimum absolute atomic E-state index is 0.145. The summed E-state index contributed by atoms with van der Waals surface area (Å²) in [5.74, 6) is 0.300. The third kappa shape index (κ3) is 2.66. The normalized spacial score (nSPS) is 10.1. The van der Waals surface area contributed by atoms with Gasteiger partial charge in [0.05, 0.1) is 11.4 Å². The first-order chi connectivity index (χ1) is 8.56. The molecule has 1 aromatic carbocycles. The van der Waals surface area contributed by atoms with E-state index in [-0.39, 0.29) is 5.91 Å². The van der Waals surface area contributed by atoms with E-state index in [0.29, 0.717) is 22.8 Å². The number of nitrogens with two attached hydrogens (primary N) is 1. The van der Waals surface area contributed by atoms with Gasteiger partial charge in [-0.05, 0) is 38.1 Å². The van der Waals surface area contributed by atoms with Crippen LogP contribution in [0.4, 0.5) is 11.5 Å². The Balaban J connectivity index is 2.21. The fourth-order valence-electron chi connectivity index (χ4n) is 1.69. The molecule has 0 aliphatic carbocycles. The number of pyridine rings is 1. The number of hydrogen-bond donors (Lipinski definition) is 2. The van der Waals surface area contributed by atoms with Crippen LogP contribution < -0.4 is 11.1 Å². The lowest BCUT2D eigenvalue weighted by Gasteiger charge is -2.08. The molecule has 0 aliphatic heterocycles. The summed E-state index contributed by atoms with van der Waals surface area (Å²) in [6, 6.07) is 10.9. The Labute approximate surface area is 106 Å². The van der Waals surface area contributed by atoms with Crippen LogP contribution >= 0.6 is 0 Å². The van der Waals surface area contributed by atoms with Gasteiger partial charge in [-0.2, -0.15) is 0 Å². The number of aromatic nitrogens is 1. The van der Waals surface area contributed by atoms with Crippen molar-refractivity contribution in [3.05, 3.63) is 53.2 Å². The molecule has 0 aliphatic rings. The topological polar surface area (TPSA) is 68.0 Å². The minimum Gasteiger partial charge on any atom is -0.384 e. The summed E-state index contributed by atoms with van der Waals surface area (Å²) in [7, 11) is 0. The van der Waals surface area contributed by atoms with Crippen LogP contribution in [0.2, 0.25) is 0 Å². The van der Waals surface area contributed by atoms with Crippen LogP contribution in [0.25, 0.3) is 0 Å². The molecule has 0 saturated heterocycles. The molecule has 0 atom stereocenters. The van der Waals surface area contributed by atoms with Gasteiger partial charge in [0, 0.05) is 5.56 Å². The molecule has 18 heavy (non-hydrogen) atoms. The molecule has 4 nitrogen and oxygen atoms in total. The van der Waals surface area contributed by atoms with Gasteiger partial charge in [0.2, 0.25) is 0 Å². The largest absolute Gasteiger partial charge is 0.384 e. The fraction of sp³-hybridized carbons (Fsp3) is 0.143. The molecule has 0 saturated carbocycles. The zero-order chi connectivity index (χ0) is 13.1. The van der Waals surface area contributed by atoms with E-state index in [1.165, 1.54) is 0 Å². The number of hydrogen-bond acceptors (Lipinski definition) is 3. The maximum absolute atomic E-state index is 12.0. The summed E-state index contributed by atoms with van der Waals surface area (Å²) >= 11 is 0. The Bertz CT molecular complexity index is 593. The number of rotatable bonds is 2. The zero-order valence-electron chi connectivity index (χ0n) is 10.4. The smallest absolute Gasteiger partial charge is 0.255 e. The number of nitrogens with zero attached hydrogens (tertiary/aromatic N) is 1.